The van der Waals surface area contributed by atoms with Gasteiger partial charge in [-0.15, -0.1) is 0 Å². The van der Waals surface area contributed by atoms with Gasteiger partial charge in [0.05, 0.1) is 7.11 Å². The van der Waals surface area contributed by atoms with Gasteiger partial charge in [0.15, 0.2) is 0 Å². The molecule has 1 atom stereocenters. The number of carboxylic acids is 3. The first-order valence-corrected chi connectivity index (χ1v) is 8.09. The van der Waals surface area contributed by atoms with Crippen molar-refractivity contribution in [3.8, 4) is 5.75 Å². The van der Waals surface area contributed by atoms with E-state index in [1.807, 2.05) is 0 Å². The lowest BCUT2D eigenvalue weighted by Gasteiger charge is -2.09. The van der Waals surface area contributed by atoms with Gasteiger partial charge in [-0.3, -0.25) is 4.79 Å². The number of alkyl halides is 6. The Kier molecular flexibility index (Phi) is 10.3. The molecule has 0 saturated carbocycles. The summed E-state index contributed by atoms with van der Waals surface area (Å²) in [5.41, 5.74) is 5.83. The van der Waals surface area contributed by atoms with Crippen molar-refractivity contribution in [2.45, 2.75) is 24.8 Å². The molecule has 5 N–H and O–H groups in total. The number of carboxylic acid groups (broad SMARTS) is 3. The molecule has 0 spiro atoms. The quantitative estimate of drug-likeness (QED) is 0.365. The second-order valence-electron chi connectivity index (χ2n) is 5.71. The number of carbonyl (C=O) groups is 3. The fourth-order valence-corrected chi connectivity index (χ4v) is 1.83. The van der Waals surface area contributed by atoms with Gasteiger partial charge in [0.1, 0.15) is 17.4 Å². The Morgan fingerprint density at radius 2 is 1.45 bits per heavy atom. The number of hydrogen-bond donors (Lipinski definition) is 4. The Bertz CT molecular complexity index is 1020. The summed E-state index contributed by atoms with van der Waals surface area (Å²) in [5, 5.41) is 23.7. The first kappa shape index (κ1) is 29.2. The van der Waals surface area contributed by atoms with Gasteiger partial charge in [-0.25, -0.2) is 14.4 Å². The maximum Gasteiger partial charge on any atom is 0.490 e. The van der Waals surface area contributed by atoms with Gasteiger partial charge in [0.25, 0.3) is 0 Å². The molecule has 0 aliphatic carbocycles. The number of hydrogen-bond acceptors (Lipinski definition) is 7. The van der Waals surface area contributed by atoms with Gasteiger partial charge in [-0.05, 0) is 24.1 Å². The molecule has 0 aliphatic rings. The molecule has 10 nitrogen and oxygen atoms in total. The molecule has 2 rings (SSSR count). The van der Waals surface area contributed by atoms with Crippen LogP contribution in [0.4, 0.5) is 26.3 Å². The summed E-state index contributed by atoms with van der Waals surface area (Å²) in [6.45, 7) is 0. The Morgan fingerprint density at radius 1 is 1.00 bits per heavy atom. The maximum absolute atomic E-state index is 11.5. The van der Waals surface area contributed by atoms with Gasteiger partial charge < -0.3 is 30.2 Å². The lowest BCUT2D eigenvalue weighted by atomic mass is 10.0. The van der Waals surface area contributed by atoms with Crippen molar-refractivity contribution in [2.24, 2.45) is 5.73 Å². The number of nitrogens with two attached hydrogens (primary N) is 1. The van der Waals surface area contributed by atoms with Crippen molar-refractivity contribution in [1.29, 1.82) is 0 Å². The first-order valence-electron chi connectivity index (χ1n) is 8.09. The molecule has 1 aromatic heterocycles. The van der Waals surface area contributed by atoms with Crippen LogP contribution in [0.25, 0.3) is 11.0 Å². The highest BCUT2D eigenvalue weighted by atomic mass is 19.4. The van der Waals surface area contributed by atoms with Crippen LogP contribution in [-0.2, 0) is 20.8 Å². The molecular weight excluding hydrogens is 476 g/mol. The van der Waals surface area contributed by atoms with E-state index in [0.29, 0.717) is 22.3 Å². The average Bonchev–Trinajstić information content (AvgIpc) is 2.66. The van der Waals surface area contributed by atoms with Crippen molar-refractivity contribution < 1.29 is 65.2 Å². The number of fused-ring (bicyclic) bond motifs is 1. The van der Waals surface area contributed by atoms with Crippen LogP contribution < -0.4 is 16.1 Å². The minimum absolute atomic E-state index is 0.0593. The molecule has 0 radical (unpaired) electrons. The SMILES string of the molecule is COc1ccc2c(C[C@@H](N)C(=O)O)cc(=O)oc2c1.O=C(O)C(F)(F)F.O=C(O)C(F)(F)F. The van der Waals surface area contributed by atoms with Crippen LogP contribution in [0.3, 0.4) is 0 Å². The smallest absolute Gasteiger partial charge is 0.490 e. The van der Waals surface area contributed by atoms with Crippen LogP contribution >= 0.6 is 0 Å². The number of benzene rings is 1. The monoisotopic (exact) mass is 491 g/mol. The standard InChI is InChI=1S/C13H13NO5.2C2HF3O2/c1-18-8-2-3-9-7(4-10(14)13(16)17)5-12(15)19-11(9)6-8;2*3-2(4,5)1(6)7/h2-3,5-6,10H,4,14H2,1H3,(H,16,17);2*(H,6,7)/t10-;;/m1../s1. The minimum Gasteiger partial charge on any atom is -0.497 e. The van der Waals surface area contributed by atoms with Crippen molar-refractivity contribution in [3.05, 3.63) is 40.2 Å². The zero-order valence-electron chi connectivity index (χ0n) is 16.2. The molecule has 0 bridgehead atoms. The number of ether oxygens (including phenoxy) is 1. The van der Waals surface area contributed by atoms with E-state index in [0.717, 1.165) is 0 Å². The highest BCUT2D eigenvalue weighted by Crippen LogP contribution is 2.23. The van der Waals surface area contributed by atoms with Crippen molar-refractivity contribution in [1.82, 2.24) is 0 Å². The third kappa shape index (κ3) is 10.4. The summed E-state index contributed by atoms with van der Waals surface area (Å²) in [7, 11) is 1.50. The number of halogens is 6. The van der Waals surface area contributed by atoms with Crippen LogP contribution in [-0.4, -0.2) is 58.7 Å². The largest absolute Gasteiger partial charge is 0.497 e. The minimum atomic E-state index is -5.08. The summed E-state index contributed by atoms with van der Waals surface area (Å²) in [5.74, 6) is -6.08. The van der Waals surface area contributed by atoms with E-state index in [1.165, 1.54) is 13.2 Å². The first-order chi connectivity index (χ1) is 14.9. The van der Waals surface area contributed by atoms with Crippen molar-refractivity contribution in [3.63, 3.8) is 0 Å². The van der Waals surface area contributed by atoms with Gasteiger partial charge in [0, 0.05) is 17.5 Å². The normalized spacial score (nSPS) is 11.9. The summed E-state index contributed by atoms with van der Waals surface area (Å²) >= 11 is 0. The molecule has 16 heteroatoms. The lowest BCUT2D eigenvalue weighted by Crippen LogP contribution is -2.32. The van der Waals surface area contributed by atoms with E-state index in [4.69, 9.17) is 39.8 Å². The Hall–Kier alpha value is -3.82. The summed E-state index contributed by atoms with van der Waals surface area (Å²) in [6, 6.07) is 5.19. The van der Waals surface area contributed by atoms with Crippen molar-refractivity contribution >= 4 is 28.9 Å². The average molecular weight is 491 g/mol. The van der Waals surface area contributed by atoms with Gasteiger partial charge >= 0.3 is 35.9 Å². The Labute approximate surface area is 178 Å². The van der Waals surface area contributed by atoms with E-state index in [1.54, 1.807) is 18.2 Å². The third-order valence-corrected chi connectivity index (χ3v) is 3.28. The van der Waals surface area contributed by atoms with Crippen LogP contribution in [0.5, 0.6) is 5.75 Å². The van der Waals surface area contributed by atoms with Crippen molar-refractivity contribution in [2.75, 3.05) is 7.11 Å². The summed E-state index contributed by atoms with van der Waals surface area (Å²) in [6.07, 6.45) is -10.1. The third-order valence-electron chi connectivity index (χ3n) is 3.28. The Balaban J connectivity index is 0.000000605. The predicted octanol–water partition coefficient (Wildman–Crippen LogP) is 2.02. The van der Waals surface area contributed by atoms with E-state index in [2.05, 4.69) is 0 Å². The molecule has 0 amide bonds. The fourth-order valence-electron chi connectivity index (χ4n) is 1.83. The maximum atomic E-state index is 11.5. The number of methoxy groups -OCH3 is 1. The molecule has 0 aliphatic heterocycles. The molecular formula is C17H15F6NO9. The molecule has 33 heavy (non-hydrogen) atoms. The molecule has 0 unspecified atom stereocenters. The lowest BCUT2D eigenvalue weighted by molar-refractivity contribution is -0.193. The fraction of sp³-hybridized carbons (Fsp3) is 0.294. The van der Waals surface area contributed by atoms with Crippen LogP contribution in [0, 0.1) is 0 Å². The number of rotatable bonds is 4. The van der Waals surface area contributed by atoms with E-state index in [9.17, 15) is 35.9 Å². The van der Waals surface area contributed by atoms with E-state index in [-0.39, 0.29) is 6.42 Å². The van der Waals surface area contributed by atoms with Crippen LogP contribution in [0.1, 0.15) is 5.56 Å². The summed E-state index contributed by atoms with van der Waals surface area (Å²) < 4.78 is 73.6. The molecule has 1 aromatic carbocycles. The highest BCUT2D eigenvalue weighted by Gasteiger charge is 2.38. The van der Waals surface area contributed by atoms with Gasteiger partial charge in [0.2, 0.25) is 0 Å². The topological polar surface area (TPSA) is 177 Å². The van der Waals surface area contributed by atoms with Crippen LogP contribution in [0.2, 0.25) is 0 Å². The second-order valence-corrected chi connectivity index (χ2v) is 5.71. The molecule has 0 saturated heterocycles. The Morgan fingerprint density at radius 3 is 1.82 bits per heavy atom. The van der Waals surface area contributed by atoms with Crippen LogP contribution in [0.15, 0.2) is 33.5 Å². The summed E-state index contributed by atoms with van der Waals surface area (Å²) in [4.78, 5) is 40.0. The molecule has 1 heterocycles. The van der Waals surface area contributed by atoms with E-state index >= 15 is 0 Å². The van der Waals surface area contributed by atoms with Gasteiger partial charge in [-0.1, -0.05) is 0 Å². The van der Waals surface area contributed by atoms with Gasteiger partial charge in [-0.2, -0.15) is 26.3 Å². The molecule has 184 valence electrons. The number of aliphatic carboxylic acids is 3. The zero-order chi connectivity index (χ0) is 26.1. The van der Waals surface area contributed by atoms with E-state index < -0.39 is 41.9 Å². The predicted molar refractivity (Wildman–Crippen MR) is 95.7 cm³/mol. The molecule has 0 fully saturated rings. The molecule has 2 aromatic rings. The highest BCUT2D eigenvalue weighted by molar-refractivity contribution is 5.83. The second kappa shape index (κ2) is 11.7. The zero-order valence-corrected chi connectivity index (χ0v) is 16.2.